The Kier molecular flexibility index (Phi) is 9.23. The highest BCUT2D eigenvalue weighted by molar-refractivity contribution is 6.08. The van der Waals surface area contributed by atoms with Crippen LogP contribution in [0.2, 0.25) is 0 Å². The number of likely N-dealkylation sites (tertiary alicyclic amines) is 1. The van der Waals surface area contributed by atoms with Gasteiger partial charge in [-0.05, 0) is 58.2 Å². The molecule has 11 heteroatoms. The Hall–Kier alpha value is -2.73. The Morgan fingerprint density at radius 3 is 2.40 bits per heavy atom. The lowest BCUT2D eigenvalue weighted by atomic mass is 9.92. The van der Waals surface area contributed by atoms with E-state index in [-0.39, 0.29) is 12.5 Å². The van der Waals surface area contributed by atoms with Crippen molar-refractivity contribution in [3.8, 4) is 0 Å². The standard InChI is InChI=1S/C20H28FN3O3.C4H8O4/c1-13-10-15(17-14(16(13)22)4-9-27-17)18(25)23-11-20(21)5-7-24(8-6-20)12-19(2,3)26;1-2(5)3(6)4(7)8/h4,9-10,26H,5-8,11-12,22H2,1-3H3,(H,23,25);2-3,5-6H,1H3,(H,7,8). The maximum atomic E-state index is 15.1. The topological polar surface area (TPSA) is 169 Å². The highest BCUT2D eigenvalue weighted by Crippen LogP contribution is 2.30. The molecule has 1 aliphatic rings. The quantitative estimate of drug-likeness (QED) is 0.310. The largest absolute Gasteiger partial charge is 0.479 e. The number of carbonyl (C=O) groups excluding carboxylic acids is 1. The summed E-state index contributed by atoms with van der Waals surface area (Å²) in [4.78, 5) is 24.4. The number of anilines is 1. The van der Waals surface area contributed by atoms with E-state index >= 15 is 4.39 Å². The fourth-order valence-corrected chi connectivity index (χ4v) is 3.85. The second-order valence-electron chi connectivity index (χ2n) is 9.76. The zero-order valence-electron chi connectivity index (χ0n) is 20.5. The van der Waals surface area contributed by atoms with E-state index < -0.39 is 29.4 Å². The zero-order chi connectivity index (χ0) is 26.6. The third-order valence-electron chi connectivity index (χ3n) is 5.87. The number of nitrogen functional groups attached to an aromatic ring is 1. The van der Waals surface area contributed by atoms with E-state index in [1.807, 2.05) is 6.92 Å². The summed E-state index contributed by atoms with van der Waals surface area (Å²) >= 11 is 0. The molecule has 196 valence electrons. The van der Waals surface area contributed by atoms with Crippen molar-refractivity contribution >= 4 is 28.5 Å². The van der Waals surface area contributed by atoms with Crippen molar-refractivity contribution in [1.82, 2.24) is 10.2 Å². The third-order valence-corrected chi connectivity index (χ3v) is 5.87. The van der Waals surface area contributed by atoms with E-state index in [2.05, 4.69) is 10.2 Å². The van der Waals surface area contributed by atoms with E-state index in [0.717, 1.165) is 5.56 Å². The lowest BCUT2D eigenvalue weighted by Gasteiger charge is -2.38. The molecule has 0 spiro atoms. The summed E-state index contributed by atoms with van der Waals surface area (Å²) in [7, 11) is 0. The normalized spacial score (nSPS) is 17.8. The van der Waals surface area contributed by atoms with Crippen molar-refractivity contribution < 1.29 is 38.8 Å². The summed E-state index contributed by atoms with van der Waals surface area (Å²) in [5.74, 6) is -1.77. The number of nitrogens with two attached hydrogens (primary N) is 1. The van der Waals surface area contributed by atoms with Crippen molar-refractivity contribution in [3.63, 3.8) is 0 Å². The maximum Gasteiger partial charge on any atom is 0.335 e. The Bertz CT molecular complexity index is 1020. The zero-order valence-corrected chi connectivity index (χ0v) is 20.5. The number of carboxylic acid groups (broad SMARTS) is 1. The fraction of sp³-hybridized carbons (Fsp3) is 0.583. The first-order valence-electron chi connectivity index (χ1n) is 11.4. The number of halogens is 1. The number of aliphatic carboxylic acids is 1. The van der Waals surface area contributed by atoms with E-state index in [0.29, 0.717) is 54.7 Å². The van der Waals surface area contributed by atoms with Crippen molar-refractivity contribution in [2.75, 3.05) is 31.9 Å². The second kappa shape index (κ2) is 11.3. The monoisotopic (exact) mass is 497 g/mol. The number of piperidine rings is 1. The molecule has 2 atom stereocenters. The predicted octanol–water partition coefficient (Wildman–Crippen LogP) is 1.44. The van der Waals surface area contributed by atoms with Crippen molar-refractivity contribution in [2.45, 2.75) is 64.0 Å². The molecule has 35 heavy (non-hydrogen) atoms. The number of hydrogen-bond acceptors (Lipinski definition) is 8. The van der Waals surface area contributed by atoms with Crippen LogP contribution >= 0.6 is 0 Å². The molecule has 1 aromatic heterocycles. The number of aliphatic hydroxyl groups is 3. The summed E-state index contributed by atoms with van der Waals surface area (Å²) in [5.41, 5.74) is 5.93. The molecular formula is C24H36FN3O7. The number of alkyl halides is 1. The van der Waals surface area contributed by atoms with E-state index in [1.165, 1.54) is 13.2 Å². The first-order chi connectivity index (χ1) is 16.1. The Morgan fingerprint density at radius 2 is 1.91 bits per heavy atom. The van der Waals surface area contributed by atoms with Gasteiger partial charge in [-0.3, -0.25) is 4.79 Å². The Balaban J connectivity index is 0.000000466. The Labute approximate surface area is 203 Å². The summed E-state index contributed by atoms with van der Waals surface area (Å²) < 4.78 is 20.5. The van der Waals surface area contributed by atoms with Gasteiger partial charge in [0.05, 0.1) is 30.1 Å². The molecule has 2 aromatic rings. The molecule has 1 amide bonds. The number of benzene rings is 1. The SMILES string of the molecule is CC(O)C(O)C(=O)O.Cc1cc(C(=O)NCC2(F)CCN(CC(C)(C)O)CC2)c2occc2c1N. The molecule has 2 heterocycles. The molecule has 3 rings (SSSR count). The number of carboxylic acids is 1. The molecule has 1 aliphatic heterocycles. The van der Waals surface area contributed by atoms with Crippen LogP contribution in [0.4, 0.5) is 10.1 Å². The number of carbonyl (C=O) groups is 2. The molecule has 2 unspecified atom stereocenters. The lowest BCUT2D eigenvalue weighted by Crippen LogP contribution is -2.50. The number of amides is 1. The van der Waals surface area contributed by atoms with Crippen LogP contribution in [0, 0.1) is 6.92 Å². The maximum absolute atomic E-state index is 15.1. The van der Waals surface area contributed by atoms with Gasteiger partial charge < -0.3 is 40.8 Å². The number of nitrogens with zero attached hydrogens (tertiary/aromatic N) is 1. The average molecular weight is 498 g/mol. The second-order valence-corrected chi connectivity index (χ2v) is 9.76. The number of hydrogen-bond donors (Lipinski definition) is 6. The van der Waals surface area contributed by atoms with Crippen molar-refractivity contribution in [2.24, 2.45) is 0 Å². The molecule has 0 aliphatic carbocycles. The predicted molar refractivity (Wildman–Crippen MR) is 129 cm³/mol. The fourth-order valence-electron chi connectivity index (χ4n) is 3.85. The minimum Gasteiger partial charge on any atom is -0.479 e. The molecule has 1 fully saturated rings. The van der Waals surface area contributed by atoms with Crippen LogP contribution in [-0.4, -0.2) is 86.9 Å². The molecule has 7 N–H and O–H groups in total. The van der Waals surface area contributed by atoms with Gasteiger partial charge in [0.15, 0.2) is 6.10 Å². The number of nitrogens with one attached hydrogen (secondary N) is 1. The van der Waals surface area contributed by atoms with Crippen LogP contribution in [0.1, 0.15) is 49.5 Å². The van der Waals surface area contributed by atoms with Gasteiger partial charge in [0.1, 0.15) is 11.3 Å². The number of rotatable bonds is 7. The number of β-amino-alcohol motifs (C(OH)–C–C–N with tert-alkyl or cyclic N) is 1. The van der Waals surface area contributed by atoms with Crippen molar-refractivity contribution in [1.29, 1.82) is 0 Å². The number of fused-ring (bicyclic) bond motifs is 1. The van der Waals surface area contributed by atoms with Gasteiger partial charge in [-0.15, -0.1) is 0 Å². The number of aryl methyl sites for hydroxylation is 1. The highest BCUT2D eigenvalue weighted by atomic mass is 19.1. The van der Waals surface area contributed by atoms with Gasteiger partial charge >= 0.3 is 5.97 Å². The van der Waals surface area contributed by atoms with Gasteiger partial charge in [-0.1, -0.05) is 0 Å². The van der Waals surface area contributed by atoms with Crippen molar-refractivity contribution in [3.05, 3.63) is 29.5 Å². The number of aliphatic hydroxyl groups excluding tert-OH is 2. The van der Waals surface area contributed by atoms with Gasteiger partial charge in [0, 0.05) is 30.7 Å². The van der Waals surface area contributed by atoms with Crippen LogP contribution in [0.15, 0.2) is 22.8 Å². The summed E-state index contributed by atoms with van der Waals surface area (Å²) in [5, 5.41) is 38.0. The van der Waals surface area contributed by atoms with Crippen LogP contribution in [0.5, 0.6) is 0 Å². The minimum absolute atomic E-state index is 0.0478. The Morgan fingerprint density at radius 1 is 1.31 bits per heavy atom. The average Bonchev–Trinajstić information content (AvgIpc) is 3.25. The van der Waals surface area contributed by atoms with Crippen LogP contribution in [0.3, 0.4) is 0 Å². The smallest absolute Gasteiger partial charge is 0.335 e. The molecular weight excluding hydrogens is 461 g/mol. The molecule has 1 aromatic carbocycles. The first kappa shape index (κ1) is 28.5. The lowest BCUT2D eigenvalue weighted by molar-refractivity contribution is -0.151. The van der Waals surface area contributed by atoms with Gasteiger partial charge in [0.25, 0.3) is 5.91 Å². The summed E-state index contributed by atoms with van der Waals surface area (Å²) in [6.45, 7) is 8.10. The summed E-state index contributed by atoms with van der Waals surface area (Å²) in [6.07, 6.45) is -0.727. The molecule has 0 saturated carbocycles. The molecule has 10 nitrogen and oxygen atoms in total. The third kappa shape index (κ3) is 7.89. The molecule has 0 radical (unpaired) electrons. The van der Waals surface area contributed by atoms with Crippen LogP contribution in [-0.2, 0) is 4.79 Å². The van der Waals surface area contributed by atoms with Gasteiger partial charge in [-0.2, -0.15) is 0 Å². The van der Waals surface area contributed by atoms with Gasteiger partial charge in [0.2, 0.25) is 0 Å². The summed E-state index contributed by atoms with van der Waals surface area (Å²) in [6, 6.07) is 3.40. The number of furan rings is 1. The molecule has 0 bridgehead atoms. The highest BCUT2D eigenvalue weighted by Gasteiger charge is 2.36. The van der Waals surface area contributed by atoms with E-state index in [4.69, 9.17) is 25.5 Å². The van der Waals surface area contributed by atoms with E-state index in [9.17, 15) is 14.7 Å². The molecule has 1 saturated heterocycles. The van der Waals surface area contributed by atoms with Crippen LogP contribution < -0.4 is 11.1 Å². The van der Waals surface area contributed by atoms with E-state index in [1.54, 1.807) is 26.0 Å². The van der Waals surface area contributed by atoms with Gasteiger partial charge in [-0.25, -0.2) is 9.18 Å². The van der Waals surface area contributed by atoms with Crippen LogP contribution in [0.25, 0.3) is 11.0 Å². The first-order valence-corrected chi connectivity index (χ1v) is 11.4. The minimum atomic E-state index is -1.66.